The van der Waals surface area contributed by atoms with Gasteiger partial charge in [-0.3, -0.25) is 9.59 Å². The molecule has 0 bridgehead atoms. The molecular formula is C37H39N3O9S. The number of morpholine rings is 1. The van der Waals surface area contributed by atoms with Gasteiger partial charge in [0.2, 0.25) is 22.7 Å². The van der Waals surface area contributed by atoms with Crippen LogP contribution in [-0.4, -0.2) is 82.3 Å². The number of nitrogens with zero attached hydrogens (tertiary/aromatic N) is 2. The molecule has 0 spiro atoms. The number of nitrogens with one attached hydrogen (secondary N) is 1. The Morgan fingerprint density at radius 3 is 2.24 bits per heavy atom. The minimum absolute atomic E-state index is 0.123. The third-order valence-electron chi connectivity index (χ3n) is 8.48. The maximum atomic E-state index is 14.1. The Hall–Kier alpha value is -5.11. The maximum Gasteiger partial charge on any atom is 0.261 e. The molecule has 1 N–H and O–H groups in total. The Bertz CT molecular complexity index is 1860. The first kappa shape index (κ1) is 34.7. The van der Waals surface area contributed by atoms with E-state index in [1.807, 2.05) is 54.6 Å². The highest BCUT2D eigenvalue weighted by molar-refractivity contribution is 7.89. The molecule has 2 aliphatic heterocycles. The van der Waals surface area contributed by atoms with E-state index in [1.165, 1.54) is 33.5 Å². The second-order valence-corrected chi connectivity index (χ2v) is 13.7. The first-order chi connectivity index (χ1) is 24.3. The fourth-order valence-corrected chi connectivity index (χ4v) is 7.12. The van der Waals surface area contributed by atoms with Gasteiger partial charge in [-0.2, -0.15) is 4.31 Å². The molecule has 1 fully saturated rings. The van der Waals surface area contributed by atoms with Gasteiger partial charge in [0.15, 0.2) is 18.1 Å². The third kappa shape index (κ3) is 8.54. The smallest absolute Gasteiger partial charge is 0.261 e. The van der Waals surface area contributed by atoms with Crippen LogP contribution in [0.3, 0.4) is 0 Å². The number of fused-ring (bicyclic) bond motifs is 1. The summed E-state index contributed by atoms with van der Waals surface area (Å²) in [5.74, 6) is 1.47. The van der Waals surface area contributed by atoms with Crippen molar-refractivity contribution in [3.05, 3.63) is 114 Å². The van der Waals surface area contributed by atoms with Crippen molar-refractivity contribution >= 4 is 21.8 Å². The van der Waals surface area contributed by atoms with E-state index in [0.717, 1.165) is 16.7 Å². The monoisotopic (exact) mass is 701 g/mol. The van der Waals surface area contributed by atoms with Crippen LogP contribution < -0.4 is 24.3 Å². The maximum absolute atomic E-state index is 14.1. The lowest BCUT2D eigenvalue weighted by molar-refractivity contribution is -0.142. The summed E-state index contributed by atoms with van der Waals surface area (Å²) < 4.78 is 54.9. The second kappa shape index (κ2) is 16.1. The summed E-state index contributed by atoms with van der Waals surface area (Å²) in [7, 11) is -2.11. The topological polar surface area (TPSA) is 133 Å². The molecule has 0 aromatic heterocycles. The van der Waals surface area contributed by atoms with E-state index in [4.69, 9.17) is 23.7 Å². The van der Waals surface area contributed by atoms with Gasteiger partial charge in [-0.15, -0.1) is 0 Å². The average molecular weight is 702 g/mol. The van der Waals surface area contributed by atoms with Gasteiger partial charge < -0.3 is 33.9 Å². The highest BCUT2D eigenvalue weighted by Gasteiger charge is 2.31. The largest absolute Gasteiger partial charge is 0.497 e. The number of carbonyl (C=O) groups is 2. The molecule has 1 atom stereocenters. The van der Waals surface area contributed by atoms with Crippen LogP contribution in [0.5, 0.6) is 23.0 Å². The lowest BCUT2D eigenvalue weighted by atomic mass is 10.0. The Morgan fingerprint density at radius 2 is 1.52 bits per heavy atom. The molecule has 0 unspecified atom stereocenters. The Morgan fingerprint density at radius 1 is 0.840 bits per heavy atom. The van der Waals surface area contributed by atoms with Crippen molar-refractivity contribution in [1.82, 2.24) is 14.5 Å². The number of carbonyl (C=O) groups excluding carboxylic acids is 2. The summed E-state index contributed by atoms with van der Waals surface area (Å²) in [4.78, 5) is 29.7. The predicted molar refractivity (Wildman–Crippen MR) is 183 cm³/mol. The zero-order chi connectivity index (χ0) is 34.9. The summed E-state index contributed by atoms with van der Waals surface area (Å²) in [5.41, 5.74) is 2.48. The number of amides is 2. The van der Waals surface area contributed by atoms with Gasteiger partial charge in [0.25, 0.3) is 5.91 Å². The van der Waals surface area contributed by atoms with Gasteiger partial charge in [-0.1, -0.05) is 48.5 Å². The molecule has 2 aliphatic rings. The number of hydrogen-bond acceptors (Lipinski definition) is 9. The third-order valence-corrected chi connectivity index (χ3v) is 10.4. The van der Waals surface area contributed by atoms with Crippen molar-refractivity contribution < 1.29 is 41.7 Å². The number of ether oxygens (including phenoxy) is 5. The van der Waals surface area contributed by atoms with Crippen LogP contribution in [0.4, 0.5) is 0 Å². The molecule has 50 heavy (non-hydrogen) atoms. The van der Waals surface area contributed by atoms with Crippen molar-refractivity contribution in [2.75, 3.05) is 46.8 Å². The summed E-state index contributed by atoms with van der Waals surface area (Å²) in [5, 5.41) is 3.01. The van der Waals surface area contributed by atoms with E-state index in [0.29, 0.717) is 36.2 Å². The molecule has 6 rings (SSSR count). The standard InChI is InChI=1S/C37H39N3O9S/c1-45-30-10-7-28(8-11-30)24-40(36(41)25-47-31-12-14-32(15-13-31)50(43,44)39-17-19-46-20-18-39)33(21-27-5-3-2-4-6-27)37(42)38-23-29-9-16-34-35(22-29)49-26-48-34/h2-16,22,33H,17-21,23-26H2,1H3,(H,38,42)/t33-/m0/s1. The number of rotatable bonds is 14. The Kier molecular flexibility index (Phi) is 11.2. The van der Waals surface area contributed by atoms with Gasteiger partial charge in [-0.25, -0.2) is 8.42 Å². The van der Waals surface area contributed by atoms with E-state index in [2.05, 4.69) is 5.32 Å². The van der Waals surface area contributed by atoms with Crippen molar-refractivity contribution in [2.45, 2.75) is 30.4 Å². The molecule has 262 valence electrons. The van der Waals surface area contributed by atoms with E-state index in [1.54, 1.807) is 25.3 Å². The fourth-order valence-electron chi connectivity index (χ4n) is 5.71. The van der Waals surface area contributed by atoms with Crippen LogP contribution in [0.1, 0.15) is 16.7 Å². The lowest BCUT2D eigenvalue weighted by Crippen LogP contribution is -2.51. The summed E-state index contributed by atoms with van der Waals surface area (Å²) in [6, 6.07) is 27.3. The highest BCUT2D eigenvalue weighted by Crippen LogP contribution is 2.32. The first-order valence-corrected chi connectivity index (χ1v) is 17.7. The van der Waals surface area contributed by atoms with Crippen molar-refractivity contribution in [3.63, 3.8) is 0 Å². The molecular weight excluding hydrogens is 662 g/mol. The highest BCUT2D eigenvalue weighted by atomic mass is 32.2. The van der Waals surface area contributed by atoms with Crippen molar-refractivity contribution in [2.24, 2.45) is 0 Å². The molecule has 0 radical (unpaired) electrons. The molecule has 4 aromatic rings. The minimum Gasteiger partial charge on any atom is -0.497 e. The van der Waals surface area contributed by atoms with Crippen molar-refractivity contribution in [3.8, 4) is 23.0 Å². The van der Waals surface area contributed by atoms with Gasteiger partial charge in [0, 0.05) is 32.6 Å². The zero-order valence-electron chi connectivity index (χ0n) is 27.7. The molecule has 13 heteroatoms. The van der Waals surface area contributed by atoms with Crippen LogP contribution in [0.2, 0.25) is 0 Å². The number of benzene rings is 4. The average Bonchev–Trinajstić information content (AvgIpc) is 3.63. The first-order valence-electron chi connectivity index (χ1n) is 16.2. The Labute approximate surface area is 291 Å². The van der Waals surface area contributed by atoms with Crippen LogP contribution in [0.15, 0.2) is 102 Å². The molecule has 4 aromatic carbocycles. The SMILES string of the molecule is COc1ccc(CN(C(=O)COc2ccc(S(=O)(=O)N3CCOCC3)cc2)[C@@H](Cc2ccccc2)C(=O)NCc2ccc3c(c2)OCO3)cc1. The molecule has 2 amide bonds. The quantitative estimate of drug-likeness (QED) is 0.209. The van der Waals surface area contributed by atoms with E-state index in [9.17, 15) is 18.0 Å². The van der Waals surface area contributed by atoms with E-state index >= 15 is 0 Å². The zero-order valence-corrected chi connectivity index (χ0v) is 28.5. The normalized spacial score (nSPS) is 14.8. The Balaban J connectivity index is 1.21. The van der Waals surface area contributed by atoms with Crippen LogP contribution in [0.25, 0.3) is 0 Å². The molecule has 0 saturated carbocycles. The molecule has 12 nitrogen and oxygen atoms in total. The van der Waals surface area contributed by atoms with Crippen LogP contribution in [-0.2, 0) is 43.9 Å². The lowest BCUT2D eigenvalue weighted by Gasteiger charge is -2.31. The van der Waals surface area contributed by atoms with Gasteiger partial charge in [-0.05, 0) is 65.2 Å². The summed E-state index contributed by atoms with van der Waals surface area (Å²) in [6.45, 7) is 1.36. The van der Waals surface area contributed by atoms with Crippen LogP contribution >= 0.6 is 0 Å². The summed E-state index contributed by atoms with van der Waals surface area (Å²) >= 11 is 0. The number of hydrogen-bond donors (Lipinski definition) is 1. The van der Waals surface area contributed by atoms with Gasteiger partial charge in [0.1, 0.15) is 17.5 Å². The minimum atomic E-state index is -3.69. The summed E-state index contributed by atoms with van der Waals surface area (Å²) in [6.07, 6.45) is 0.254. The van der Waals surface area contributed by atoms with Gasteiger partial charge >= 0.3 is 0 Å². The van der Waals surface area contributed by atoms with Crippen molar-refractivity contribution in [1.29, 1.82) is 0 Å². The van der Waals surface area contributed by atoms with Crippen LogP contribution in [0, 0.1) is 0 Å². The van der Waals surface area contributed by atoms with E-state index < -0.39 is 22.0 Å². The number of methoxy groups -OCH3 is 1. The fraction of sp³-hybridized carbons (Fsp3) is 0.297. The molecule has 2 heterocycles. The molecule has 1 saturated heterocycles. The second-order valence-electron chi connectivity index (χ2n) is 11.8. The number of sulfonamides is 1. The predicted octanol–water partition coefficient (Wildman–Crippen LogP) is 3.78. The van der Waals surface area contributed by atoms with E-state index in [-0.39, 0.29) is 56.8 Å². The van der Waals surface area contributed by atoms with Gasteiger partial charge in [0.05, 0.1) is 25.2 Å². The molecule has 0 aliphatic carbocycles.